The molecule has 0 aliphatic rings. The summed E-state index contributed by atoms with van der Waals surface area (Å²) in [5.41, 5.74) is 0.0314. The van der Waals surface area contributed by atoms with Gasteiger partial charge in [0.1, 0.15) is 28.6 Å². The molecule has 0 unspecified atom stereocenters. The maximum atomic E-state index is 12.7. The molecule has 0 atom stereocenters. The van der Waals surface area contributed by atoms with Gasteiger partial charge in [-0.1, -0.05) is 6.92 Å². The molecule has 3 aromatic rings. The molecule has 0 saturated carbocycles. The molecule has 6 nitrogen and oxygen atoms in total. The summed E-state index contributed by atoms with van der Waals surface area (Å²) in [6, 6.07) is 11.5. The second kappa shape index (κ2) is 7.31. The molecule has 2 aromatic carbocycles. The second-order valence-electron chi connectivity index (χ2n) is 5.58. The van der Waals surface area contributed by atoms with Gasteiger partial charge in [0.15, 0.2) is 0 Å². The summed E-state index contributed by atoms with van der Waals surface area (Å²) in [4.78, 5) is 24.2. The van der Waals surface area contributed by atoms with Crippen molar-refractivity contribution in [1.29, 1.82) is 0 Å². The minimum Gasteiger partial charge on any atom is -0.497 e. The molecule has 26 heavy (non-hydrogen) atoms. The van der Waals surface area contributed by atoms with Crippen molar-refractivity contribution in [2.45, 2.75) is 20.3 Å². The van der Waals surface area contributed by atoms with E-state index in [0.717, 1.165) is 0 Å². The van der Waals surface area contributed by atoms with Crippen LogP contribution in [0.2, 0.25) is 0 Å². The zero-order valence-corrected chi connectivity index (χ0v) is 14.7. The summed E-state index contributed by atoms with van der Waals surface area (Å²) in [5.74, 6) is 1.60. The highest BCUT2D eigenvalue weighted by Gasteiger charge is 2.15. The molecule has 6 heteroatoms. The fraction of sp³-hybridized carbons (Fsp3) is 0.200. The van der Waals surface area contributed by atoms with Crippen LogP contribution in [0.5, 0.6) is 23.0 Å². The van der Waals surface area contributed by atoms with E-state index in [1.54, 1.807) is 57.4 Å². The largest absolute Gasteiger partial charge is 0.497 e. The number of hydrogen-bond donors (Lipinski definition) is 0. The van der Waals surface area contributed by atoms with Gasteiger partial charge >= 0.3 is 5.97 Å². The number of carbonyl (C=O) groups is 1. The lowest BCUT2D eigenvalue weighted by atomic mass is 10.2. The van der Waals surface area contributed by atoms with E-state index in [-0.39, 0.29) is 23.6 Å². The van der Waals surface area contributed by atoms with Crippen LogP contribution >= 0.6 is 0 Å². The number of esters is 1. The lowest BCUT2D eigenvalue weighted by molar-refractivity contribution is -0.134. The third-order valence-corrected chi connectivity index (χ3v) is 3.79. The van der Waals surface area contributed by atoms with E-state index in [9.17, 15) is 9.59 Å². The smallest absolute Gasteiger partial charge is 0.310 e. The fourth-order valence-corrected chi connectivity index (χ4v) is 2.42. The van der Waals surface area contributed by atoms with Crippen molar-refractivity contribution >= 4 is 16.9 Å². The molecule has 0 aliphatic heterocycles. The number of fused-ring (bicyclic) bond motifs is 1. The first kappa shape index (κ1) is 17.5. The van der Waals surface area contributed by atoms with Crippen LogP contribution in [0.25, 0.3) is 11.0 Å². The van der Waals surface area contributed by atoms with Crippen molar-refractivity contribution < 1.29 is 23.4 Å². The van der Waals surface area contributed by atoms with Crippen molar-refractivity contribution in [2.24, 2.45) is 0 Å². The summed E-state index contributed by atoms with van der Waals surface area (Å²) in [6.07, 6.45) is 0.260. The summed E-state index contributed by atoms with van der Waals surface area (Å²) in [5, 5.41) is 0.343. The number of rotatable bonds is 5. The number of carbonyl (C=O) groups excluding carboxylic acids is 1. The third-order valence-electron chi connectivity index (χ3n) is 3.79. The van der Waals surface area contributed by atoms with Crippen molar-refractivity contribution in [2.75, 3.05) is 7.11 Å². The fourth-order valence-electron chi connectivity index (χ4n) is 2.42. The van der Waals surface area contributed by atoms with Crippen molar-refractivity contribution in [3.05, 3.63) is 58.4 Å². The minimum absolute atomic E-state index is 0.112. The maximum absolute atomic E-state index is 12.7. The van der Waals surface area contributed by atoms with Gasteiger partial charge in [0.05, 0.1) is 12.5 Å². The number of aryl methyl sites for hydroxylation is 1. The van der Waals surface area contributed by atoms with Crippen LogP contribution in [-0.2, 0) is 4.79 Å². The first-order valence-electron chi connectivity index (χ1n) is 8.12. The SMILES string of the molecule is CCC(=O)Oc1ccc2c(=O)c(Oc3ccc(OC)cc3)c(C)oc2c1. The molecule has 0 saturated heterocycles. The van der Waals surface area contributed by atoms with E-state index in [0.29, 0.717) is 34.0 Å². The molecule has 134 valence electrons. The Morgan fingerprint density at radius 1 is 1.04 bits per heavy atom. The summed E-state index contributed by atoms with van der Waals surface area (Å²) in [7, 11) is 1.57. The van der Waals surface area contributed by atoms with Crippen LogP contribution in [0.15, 0.2) is 51.7 Å². The Balaban J connectivity index is 1.97. The Morgan fingerprint density at radius 3 is 2.35 bits per heavy atom. The molecule has 0 N–H and O–H groups in total. The van der Waals surface area contributed by atoms with E-state index >= 15 is 0 Å². The Labute approximate surface area is 149 Å². The van der Waals surface area contributed by atoms with Gasteiger partial charge < -0.3 is 18.6 Å². The van der Waals surface area contributed by atoms with Gasteiger partial charge in [-0.25, -0.2) is 0 Å². The van der Waals surface area contributed by atoms with Gasteiger partial charge in [-0.2, -0.15) is 0 Å². The zero-order chi connectivity index (χ0) is 18.7. The minimum atomic E-state index is -0.358. The molecule has 0 radical (unpaired) electrons. The summed E-state index contributed by atoms with van der Waals surface area (Å²) < 4.78 is 21.7. The second-order valence-corrected chi connectivity index (χ2v) is 5.58. The highest BCUT2D eigenvalue weighted by molar-refractivity contribution is 5.81. The standard InChI is InChI=1S/C20H18O6/c1-4-18(21)25-15-9-10-16-17(11-15)24-12(2)20(19(16)22)26-14-7-5-13(23-3)6-8-14/h5-11H,4H2,1-3H3. The molecule has 0 spiro atoms. The van der Waals surface area contributed by atoms with Gasteiger partial charge in [-0.3, -0.25) is 9.59 Å². The molecule has 0 aliphatic carbocycles. The highest BCUT2D eigenvalue weighted by atomic mass is 16.5. The van der Waals surface area contributed by atoms with Gasteiger partial charge in [0, 0.05) is 12.5 Å². The summed E-state index contributed by atoms with van der Waals surface area (Å²) in [6.45, 7) is 3.35. The van der Waals surface area contributed by atoms with E-state index < -0.39 is 0 Å². The Morgan fingerprint density at radius 2 is 1.69 bits per heavy atom. The average molecular weight is 354 g/mol. The molecule has 1 aromatic heterocycles. The first-order valence-corrected chi connectivity index (χ1v) is 8.12. The lowest BCUT2D eigenvalue weighted by Crippen LogP contribution is -2.08. The van der Waals surface area contributed by atoms with Crippen LogP contribution in [-0.4, -0.2) is 13.1 Å². The van der Waals surface area contributed by atoms with E-state index in [1.807, 2.05) is 0 Å². The van der Waals surface area contributed by atoms with Crippen LogP contribution in [0.3, 0.4) is 0 Å². The van der Waals surface area contributed by atoms with Crippen molar-refractivity contribution in [3.63, 3.8) is 0 Å². The number of methoxy groups -OCH3 is 1. The van der Waals surface area contributed by atoms with Gasteiger partial charge in [0.2, 0.25) is 11.2 Å². The van der Waals surface area contributed by atoms with Gasteiger partial charge in [0.25, 0.3) is 0 Å². The molecule has 0 fully saturated rings. The number of ether oxygens (including phenoxy) is 3. The van der Waals surface area contributed by atoms with E-state index in [4.69, 9.17) is 18.6 Å². The van der Waals surface area contributed by atoms with Crippen LogP contribution in [0.4, 0.5) is 0 Å². The van der Waals surface area contributed by atoms with Crippen molar-refractivity contribution in [3.8, 4) is 23.0 Å². The maximum Gasteiger partial charge on any atom is 0.310 e. The van der Waals surface area contributed by atoms with E-state index in [1.165, 1.54) is 6.07 Å². The molecule has 0 bridgehead atoms. The zero-order valence-electron chi connectivity index (χ0n) is 14.7. The highest BCUT2D eigenvalue weighted by Crippen LogP contribution is 2.28. The van der Waals surface area contributed by atoms with Crippen LogP contribution < -0.4 is 19.6 Å². The quantitative estimate of drug-likeness (QED) is 0.504. The Hall–Kier alpha value is -3.28. The lowest BCUT2D eigenvalue weighted by Gasteiger charge is -2.10. The molecule has 0 amide bonds. The molecular formula is C20H18O6. The number of hydrogen-bond acceptors (Lipinski definition) is 6. The van der Waals surface area contributed by atoms with Gasteiger partial charge in [-0.15, -0.1) is 0 Å². The first-order chi connectivity index (χ1) is 12.5. The molecular weight excluding hydrogens is 336 g/mol. The third kappa shape index (κ3) is 3.54. The Bertz CT molecular complexity index is 1000. The topological polar surface area (TPSA) is 75.0 Å². The number of benzene rings is 2. The predicted molar refractivity (Wildman–Crippen MR) is 96.2 cm³/mol. The normalized spacial score (nSPS) is 10.6. The summed E-state index contributed by atoms with van der Waals surface area (Å²) >= 11 is 0. The average Bonchev–Trinajstić information content (AvgIpc) is 2.65. The van der Waals surface area contributed by atoms with Gasteiger partial charge in [-0.05, 0) is 43.3 Å². The monoisotopic (exact) mass is 354 g/mol. The van der Waals surface area contributed by atoms with Crippen molar-refractivity contribution in [1.82, 2.24) is 0 Å². The van der Waals surface area contributed by atoms with Crippen LogP contribution in [0.1, 0.15) is 19.1 Å². The Kier molecular flexibility index (Phi) is 4.93. The predicted octanol–water partition coefficient (Wildman–Crippen LogP) is 4.22. The molecule has 1 heterocycles. The van der Waals surface area contributed by atoms with Crippen LogP contribution in [0, 0.1) is 6.92 Å². The van der Waals surface area contributed by atoms with E-state index in [2.05, 4.69) is 0 Å². The molecule has 3 rings (SSSR count).